The lowest BCUT2D eigenvalue weighted by Crippen LogP contribution is -2.12. The number of benzene rings is 1. The Morgan fingerprint density at radius 3 is 2.76 bits per heavy atom. The largest absolute Gasteiger partial charge is 0.468 e. The summed E-state index contributed by atoms with van der Waals surface area (Å²) in [5, 5.41) is 11.0. The van der Waals surface area contributed by atoms with E-state index in [1.807, 2.05) is 36.4 Å². The van der Waals surface area contributed by atoms with E-state index in [1.165, 1.54) is 0 Å². The van der Waals surface area contributed by atoms with Crippen molar-refractivity contribution in [2.45, 2.75) is 0 Å². The molecule has 0 aliphatic heterocycles. The van der Waals surface area contributed by atoms with Crippen molar-refractivity contribution in [3.8, 4) is 5.88 Å². The van der Waals surface area contributed by atoms with Gasteiger partial charge in [-0.15, -0.1) is 0 Å². The maximum absolute atomic E-state index is 11.0. The Bertz CT molecular complexity index is 646. The smallest absolute Gasteiger partial charge is 0.374 e. The Labute approximate surface area is 120 Å². The summed E-state index contributed by atoms with van der Waals surface area (Å²) in [6.45, 7) is 0.136. The Morgan fingerprint density at radius 2 is 2.10 bits per heavy atom. The van der Waals surface area contributed by atoms with E-state index in [-0.39, 0.29) is 18.3 Å². The first kappa shape index (κ1) is 14.4. The molecule has 0 atom stereocenters. The first-order valence-corrected chi connectivity index (χ1v) is 6.02. The van der Waals surface area contributed by atoms with Crippen LogP contribution in [-0.4, -0.2) is 21.5 Å². The first-order chi connectivity index (χ1) is 10.2. The molecule has 3 N–H and O–H groups in total. The summed E-state index contributed by atoms with van der Waals surface area (Å²) in [7, 11) is 0. The van der Waals surface area contributed by atoms with Crippen molar-refractivity contribution in [1.29, 1.82) is 0 Å². The second kappa shape index (κ2) is 6.96. The minimum Gasteiger partial charge on any atom is -0.468 e. The van der Waals surface area contributed by atoms with E-state index in [0.717, 1.165) is 11.9 Å². The van der Waals surface area contributed by atoms with Gasteiger partial charge in [0.05, 0.1) is 4.92 Å². The predicted octanol–water partition coefficient (Wildman–Crippen LogP) is 1.76. The zero-order chi connectivity index (χ0) is 15.1. The van der Waals surface area contributed by atoms with Crippen molar-refractivity contribution in [3.63, 3.8) is 0 Å². The van der Waals surface area contributed by atoms with Gasteiger partial charge >= 0.3 is 5.69 Å². The Balaban J connectivity index is 2.07. The maximum atomic E-state index is 11.0. The molecule has 0 saturated heterocycles. The van der Waals surface area contributed by atoms with Gasteiger partial charge in [0.2, 0.25) is 5.82 Å². The molecule has 0 radical (unpaired) electrons. The molecule has 8 nitrogen and oxygen atoms in total. The second-order valence-corrected chi connectivity index (χ2v) is 3.90. The summed E-state index contributed by atoms with van der Waals surface area (Å²) in [5.74, 6) is 4.94. The van der Waals surface area contributed by atoms with Crippen molar-refractivity contribution < 1.29 is 9.66 Å². The van der Waals surface area contributed by atoms with Crippen LogP contribution in [0.4, 0.5) is 11.5 Å². The van der Waals surface area contributed by atoms with Gasteiger partial charge in [-0.25, -0.2) is 10.8 Å². The lowest BCUT2D eigenvalue weighted by atomic mass is 10.2. The zero-order valence-corrected chi connectivity index (χ0v) is 11.0. The van der Waals surface area contributed by atoms with Crippen LogP contribution in [0.5, 0.6) is 5.88 Å². The molecule has 2 aromatic rings. The molecule has 0 aliphatic carbocycles. The molecule has 0 bridgehead atoms. The molecule has 21 heavy (non-hydrogen) atoms. The molecule has 2 rings (SSSR count). The Hall–Kier alpha value is -3.00. The van der Waals surface area contributed by atoms with Crippen molar-refractivity contribution >= 4 is 17.6 Å². The summed E-state index contributed by atoms with van der Waals surface area (Å²) < 4.78 is 5.29. The van der Waals surface area contributed by atoms with Gasteiger partial charge in [-0.05, 0) is 11.6 Å². The van der Waals surface area contributed by atoms with Gasteiger partial charge in [0.15, 0.2) is 0 Å². The van der Waals surface area contributed by atoms with Crippen LogP contribution in [0.25, 0.3) is 6.08 Å². The quantitative estimate of drug-likeness (QED) is 0.472. The number of nitro groups is 1. The molecule has 1 aromatic carbocycles. The van der Waals surface area contributed by atoms with Crippen LogP contribution < -0.4 is 16.0 Å². The highest BCUT2D eigenvalue weighted by Crippen LogP contribution is 2.29. The van der Waals surface area contributed by atoms with Crippen LogP contribution >= 0.6 is 0 Å². The van der Waals surface area contributed by atoms with Crippen LogP contribution in [0.2, 0.25) is 0 Å². The SMILES string of the molecule is NNc1ncnc(OC/C=C/c2ccccc2)c1[N+](=O)[O-]. The van der Waals surface area contributed by atoms with Gasteiger partial charge in [0, 0.05) is 0 Å². The summed E-state index contributed by atoms with van der Waals surface area (Å²) in [6, 6.07) is 9.60. The Morgan fingerprint density at radius 1 is 1.33 bits per heavy atom. The number of hydrogen-bond donors (Lipinski definition) is 2. The molecule has 1 aromatic heterocycles. The van der Waals surface area contributed by atoms with Gasteiger partial charge in [-0.2, -0.15) is 4.98 Å². The highest BCUT2D eigenvalue weighted by molar-refractivity contribution is 5.60. The van der Waals surface area contributed by atoms with Crippen LogP contribution in [0.3, 0.4) is 0 Å². The van der Waals surface area contributed by atoms with Crippen LogP contribution in [0.1, 0.15) is 5.56 Å². The number of aromatic nitrogens is 2. The minimum atomic E-state index is -0.647. The predicted molar refractivity (Wildman–Crippen MR) is 77.5 cm³/mol. The molecule has 0 spiro atoms. The lowest BCUT2D eigenvalue weighted by molar-refractivity contribution is -0.385. The van der Waals surface area contributed by atoms with Crippen molar-refractivity contribution in [2.75, 3.05) is 12.0 Å². The number of nitrogens with zero attached hydrogens (tertiary/aromatic N) is 3. The molecule has 0 fully saturated rings. The maximum Gasteiger partial charge on any atom is 0.374 e. The van der Waals surface area contributed by atoms with Crippen molar-refractivity contribution in [3.05, 3.63) is 58.4 Å². The molecule has 0 aliphatic rings. The molecular weight excluding hydrogens is 274 g/mol. The van der Waals surface area contributed by atoms with Crippen molar-refractivity contribution in [2.24, 2.45) is 5.84 Å². The van der Waals surface area contributed by atoms with E-state index in [9.17, 15) is 10.1 Å². The zero-order valence-electron chi connectivity index (χ0n) is 11.0. The van der Waals surface area contributed by atoms with E-state index in [1.54, 1.807) is 6.08 Å². The standard InChI is InChI=1S/C13H13N5O3/c14-17-12-11(18(19)20)13(16-9-15-12)21-8-4-7-10-5-2-1-3-6-10/h1-7,9H,8,14H2,(H,15,16,17)/b7-4+. The van der Waals surface area contributed by atoms with E-state index < -0.39 is 10.6 Å². The molecule has 0 saturated carbocycles. The number of hydrazine groups is 1. The summed E-state index contributed by atoms with van der Waals surface area (Å²) in [4.78, 5) is 17.8. The topological polar surface area (TPSA) is 116 Å². The third-order valence-corrected chi connectivity index (χ3v) is 2.53. The molecule has 1 heterocycles. The van der Waals surface area contributed by atoms with E-state index >= 15 is 0 Å². The number of ether oxygens (including phenoxy) is 1. The van der Waals surface area contributed by atoms with E-state index in [2.05, 4.69) is 15.4 Å². The fourth-order valence-corrected chi connectivity index (χ4v) is 1.61. The summed E-state index contributed by atoms with van der Waals surface area (Å²) >= 11 is 0. The van der Waals surface area contributed by atoms with Crippen LogP contribution in [0.15, 0.2) is 42.7 Å². The number of nitrogens with two attached hydrogens (primary N) is 1. The summed E-state index contributed by atoms with van der Waals surface area (Å²) in [6.07, 6.45) is 4.71. The minimum absolute atomic E-state index is 0.1000. The highest BCUT2D eigenvalue weighted by atomic mass is 16.6. The third-order valence-electron chi connectivity index (χ3n) is 2.53. The van der Waals surface area contributed by atoms with Gasteiger partial charge in [0.25, 0.3) is 5.88 Å². The van der Waals surface area contributed by atoms with Gasteiger partial charge in [-0.1, -0.05) is 36.4 Å². The van der Waals surface area contributed by atoms with Crippen LogP contribution in [-0.2, 0) is 0 Å². The third kappa shape index (κ3) is 3.74. The molecule has 8 heteroatoms. The normalized spacial score (nSPS) is 10.5. The fourth-order valence-electron chi connectivity index (χ4n) is 1.61. The average Bonchev–Trinajstić information content (AvgIpc) is 2.52. The second-order valence-electron chi connectivity index (χ2n) is 3.90. The Kier molecular flexibility index (Phi) is 4.78. The first-order valence-electron chi connectivity index (χ1n) is 6.02. The molecular formula is C13H13N5O3. The number of rotatable bonds is 6. The monoisotopic (exact) mass is 287 g/mol. The molecule has 108 valence electrons. The van der Waals surface area contributed by atoms with Gasteiger partial charge in [-0.3, -0.25) is 10.1 Å². The average molecular weight is 287 g/mol. The molecule has 0 unspecified atom stereocenters. The highest BCUT2D eigenvalue weighted by Gasteiger charge is 2.23. The van der Waals surface area contributed by atoms with Crippen molar-refractivity contribution in [1.82, 2.24) is 9.97 Å². The number of nitrogens with one attached hydrogen (secondary N) is 1. The number of anilines is 1. The summed E-state index contributed by atoms with van der Waals surface area (Å²) in [5.41, 5.74) is 2.75. The number of hydrogen-bond acceptors (Lipinski definition) is 7. The van der Waals surface area contributed by atoms with E-state index in [0.29, 0.717) is 0 Å². The molecule has 0 amide bonds. The van der Waals surface area contributed by atoms with Gasteiger partial charge < -0.3 is 10.2 Å². The van der Waals surface area contributed by atoms with Crippen LogP contribution in [0, 0.1) is 10.1 Å². The van der Waals surface area contributed by atoms with E-state index in [4.69, 9.17) is 10.6 Å². The number of nitrogen functional groups attached to an aromatic ring is 1. The fraction of sp³-hybridized carbons (Fsp3) is 0.0769. The van der Waals surface area contributed by atoms with Gasteiger partial charge in [0.1, 0.15) is 12.9 Å². The lowest BCUT2D eigenvalue weighted by Gasteiger charge is -2.05.